The molecule has 2 aromatic rings. The predicted molar refractivity (Wildman–Crippen MR) is 72.1 cm³/mol. The van der Waals surface area contributed by atoms with Gasteiger partial charge in [0.2, 0.25) is 6.79 Å². The maximum atomic E-state index is 5.48. The number of aryl methyl sites for hydroxylation is 1. The summed E-state index contributed by atoms with van der Waals surface area (Å²) in [6.07, 6.45) is 3.74. The third-order valence-corrected chi connectivity index (χ3v) is 3.05. The molecule has 1 aliphatic heterocycles. The zero-order valence-corrected chi connectivity index (χ0v) is 10.8. The molecule has 0 saturated carbocycles. The second kappa shape index (κ2) is 5.28. The fourth-order valence-electron chi connectivity index (χ4n) is 2.19. The molecule has 1 aromatic carbocycles. The van der Waals surface area contributed by atoms with E-state index in [1.165, 1.54) is 11.1 Å². The maximum absolute atomic E-state index is 5.48. The molecular weight excluding hydrogens is 240 g/mol. The number of rotatable bonds is 4. The van der Waals surface area contributed by atoms with Crippen molar-refractivity contribution in [2.45, 2.75) is 20.0 Å². The number of hydrogen-bond donors (Lipinski definition) is 1. The van der Waals surface area contributed by atoms with Crippen LogP contribution in [0.3, 0.4) is 0 Å². The lowest BCUT2D eigenvalue weighted by molar-refractivity contribution is 0.173. The third kappa shape index (κ3) is 2.69. The highest BCUT2D eigenvalue weighted by Gasteiger charge is 2.16. The lowest BCUT2D eigenvalue weighted by Crippen LogP contribution is -2.13. The number of nitrogens with one attached hydrogen (secondary N) is 1. The molecule has 0 spiro atoms. The van der Waals surface area contributed by atoms with Crippen LogP contribution in [0.4, 0.5) is 0 Å². The van der Waals surface area contributed by atoms with Gasteiger partial charge in [0.1, 0.15) is 0 Å². The molecule has 4 nitrogen and oxygen atoms in total. The van der Waals surface area contributed by atoms with Gasteiger partial charge in [-0.2, -0.15) is 0 Å². The fraction of sp³-hybridized carbons (Fsp3) is 0.267. The second-order valence-corrected chi connectivity index (χ2v) is 4.63. The minimum absolute atomic E-state index is 0.314. The monoisotopic (exact) mass is 256 g/mol. The van der Waals surface area contributed by atoms with Gasteiger partial charge < -0.3 is 14.8 Å². The Bertz CT molecular complexity index is 584. The van der Waals surface area contributed by atoms with E-state index in [4.69, 9.17) is 9.47 Å². The summed E-state index contributed by atoms with van der Waals surface area (Å²) in [7, 11) is 0. The van der Waals surface area contributed by atoms with E-state index in [0.29, 0.717) is 6.79 Å². The molecule has 0 unspecified atom stereocenters. The minimum Gasteiger partial charge on any atom is -0.454 e. The number of para-hydroxylation sites is 1. The Balaban J connectivity index is 1.63. The Morgan fingerprint density at radius 2 is 2.16 bits per heavy atom. The van der Waals surface area contributed by atoms with E-state index in [0.717, 1.165) is 30.2 Å². The molecule has 0 saturated heterocycles. The molecule has 2 heterocycles. The van der Waals surface area contributed by atoms with Gasteiger partial charge in [0, 0.05) is 31.0 Å². The predicted octanol–water partition coefficient (Wildman–Crippen LogP) is 2.41. The number of aromatic nitrogens is 1. The molecular formula is C15H16N2O2. The highest BCUT2D eigenvalue weighted by molar-refractivity contribution is 5.48. The number of nitrogens with zero attached hydrogens (tertiary/aromatic N) is 1. The normalized spacial score (nSPS) is 12.7. The van der Waals surface area contributed by atoms with Crippen LogP contribution in [0.2, 0.25) is 0 Å². The minimum atomic E-state index is 0.314. The zero-order valence-electron chi connectivity index (χ0n) is 10.8. The molecule has 0 bridgehead atoms. The van der Waals surface area contributed by atoms with Crippen molar-refractivity contribution >= 4 is 0 Å². The van der Waals surface area contributed by atoms with Crippen LogP contribution in [0.5, 0.6) is 11.5 Å². The number of ether oxygens (including phenoxy) is 2. The molecule has 3 rings (SSSR count). The van der Waals surface area contributed by atoms with E-state index in [1.54, 1.807) is 0 Å². The topological polar surface area (TPSA) is 43.4 Å². The first kappa shape index (κ1) is 12.0. The highest BCUT2D eigenvalue weighted by atomic mass is 16.7. The van der Waals surface area contributed by atoms with E-state index in [9.17, 15) is 0 Å². The molecule has 1 aliphatic rings. The first-order valence-corrected chi connectivity index (χ1v) is 6.31. The summed E-state index contributed by atoms with van der Waals surface area (Å²) in [6.45, 7) is 3.90. The SMILES string of the molecule is Cc1cncc(CNCc2cccc3c2OCO3)c1. The quantitative estimate of drug-likeness (QED) is 0.912. The van der Waals surface area contributed by atoms with Crippen LogP contribution in [-0.2, 0) is 13.1 Å². The van der Waals surface area contributed by atoms with Crippen LogP contribution < -0.4 is 14.8 Å². The van der Waals surface area contributed by atoms with E-state index in [-0.39, 0.29) is 0 Å². The second-order valence-electron chi connectivity index (χ2n) is 4.63. The summed E-state index contributed by atoms with van der Waals surface area (Å²) in [5.74, 6) is 1.69. The zero-order chi connectivity index (χ0) is 13.1. The van der Waals surface area contributed by atoms with Gasteiger partial charge in [-0.25, -0.2) is 0 Å². The summed E-state index contributed by atoms with van der Waals surface area (Å²) < 4.78 is 10.8. The van der Waals surface area contributed by atoms with Gasteiger partial charge in [-0.15, -0.1) is 0 Å². The largest absolute Gasteiger partial charge is 0.454 e. The number of benzene rings is 1. The van der Waals surface area contributed by atoms with Crippen molar-refractivity contribution in [1.29, 1.82) is 0 Å². The van der Waals surface area contributed by atoms with Crippen LogP contribution in [-0.4, -0.2) is 11.8 Å². The lowest BCUT2D eigenvalue weighted by Gasteiger charge is -2.08. The Labute approximate surface area is 112 Å². The molecule has 98 valence electrons. The number of pyridine rings is 1. The van der Waals surface area contributed by atoms with Crippen LogP contribution in [0, 0.1) is 6.92 Å². The molecule has 0 aliphatic carbocycles. The van der Waals surface area contributed by atoms with Gasteiger partial charge in [0.25, 0.3) is 0 Å². The van der Waals surface area contributed by atoms with Gasteiger partial charge in [-0.1, -0.05) is 18.2 Å². The van der Waals surface area contributed by atoms with Crippen molar-refractivity contribution in [1.82, 2.24) is 10.3 Å². The van der Waals surface area contributed by atoms with Crippen molar-refractivity contribution in [3.63, 3.8) is 0 Å². The van der Waals surface area contributed by atoms with Crippen LogP contribution in [0.1, 0.15) is 16.7 Å². The molecule has 0 amide bonds. The molecule has 0 atom stereocenters. The van der Waals surface area contributed by atoms with Crippen molar-refractivity contribution in [2.75, 3.05) is 6.79 Å². The van der Waals surface area contributed by atoms with Crippen molar-refractivity contribution in [3.05, 3.63) is 53.3 Å². The molecule has 0 fully saturated rings. The van der Waals surface area contributed by atoms with E-state index < -0.39 is 0 Å². The van der Waals surface area contributed by atoms with Gasteiger partial charge in [0.05, 0.1) is 0 Å². The maximum Gasteiger partial charge on any atom is 0.231 e. The first-order chi connectivity index (χ1) is 9.33. The van der Waals surface area contributed by atoms with E-state index >= 15 is 0 Å². The molecule has 19 heavy (non-hydrogen) atoms. The van der Waals surface area contributed by atoms with Crippen LogP contribution in [0.15, 0.2) is 36.7 Å². The van der Waals surface area contributed by atoms with Gasteiger partial charge in [-0.05, 0) is 24.1 Å². The summed E-state index contributed by atoms with van der Waals surface area (Å²) in [5.41, 5.74) is 3.48. The number of fused-ring (bicyclic) bond motifs is 1. The fourth-order valence-corrected chi connectivity index (χ4v) is 2.19. The highest BCUT2D eigenvalue weighted by Crippen LogP contribution is 2.35. The summed E-state index contributed by atoms with van der Waals surface area (Å²) in [5, 5.41) is 3.40. The van der Waals surface area contributed by atoms with E-state index in [2.05, 4.69) is 22.4 Å². The Hall–Kier alpha value is -2.07. The summed E-state index contributed by atoms with van der Waals surface area (Å²) in [6, 6.07) is 8.10. The smallest absolute Gasteiger partial charge is 0.231 e. The van der Waals surface area contributed by atoms with Crippen LogP contribution in [0.25, 0.3) is 0 Å². The Morgan fingerprint density at radius 1 is 1.21 bits per heavy atom. The van der Waals surface area contributed by atoms with Crippen molar-refractivity contribution in [3.8, 4) is 11.5 Å². The lowest BCUT2D eigenvalue weighted by atomic mass is 10.1. The van der Waals surface area contributed by atoms with Crippen molar-refractivity contribution < 1.29 is 9.47 Å². The third-order valence-electron chi connectivity index (χ3n) is 3.05. The average Bonchev–Trinajstić information content (AvgIpc) is 2.88. The van der Waals surface area contributed by atoms with Gasteiger partial charge in [-0.3, -0.25) is 4.98 Å². The van der Waals surface area contributed by atoms with Crippen LogP contribution >= 0.6 is 0 Å². The van der Waals surface area contributed by atoms with Gasteiger partial charge >= 0.3 is 0 Å². The first-order valence-electron chi connectivity index (χ1n) is 6.31. The standard InChI is InChI=1S/C15H16N2O2/c1-11-5-12(7-16-6-11)8-17-9-13-3-2-4-14-15(13)19-10-18-14/h2-7,17H,8-10H2,1H3. The molecule has 4 heteroatoms. The molecule has 1 N–H and O–H groups in total. The molecule has 0 radical (unpaired) electrons. The Morgan fingerprint density at radius 3 is 3.05 bits per heavy atom. The summed E-state index contributed by atoms with van der Waals surface area (Å²) in [4.78, 5) is 4.18. The number of hydrogen-bond acceptors (Lipinski definition) is 4. The van der Waals surface area contributed by atoms with E-state index in [1.807, 2.05) is 31.5 Å². The molecule has 1 aromatic heterocycles. The summed E-state index contributed by atoms with van der Waals surface area (Å²) >= 11 is 0. The average molecular weight is 256 g/mol. The Kier molecular flexibility index (Phi) is 3.33. The van der Waals surface area contributed by atoms with Gasteiger partial charge in [0.15, 0.2) is 11.5 Å². The van der Waals surface area contributed by atoms with Crippen molar-refractivity contribution in [2.24, 2.45) is 0 Å².